The summed E-state index contributed by atoms with van der Waals surface area (Å²) in [5, 5.41) is 11.0. The Morgan fingerprint density at radius 3 is 2.87 bits per heavy atom. The van der Waals surface area contributed by atoms with E-state index in [0.717, 1.165) is 36.6 Å². The Morgan fingerprint density at radius 1 is 1.52 bits per heavy atom. The minimum Gasteiger partial charge on any atom is -0.337 e. The lowest BCUT2D eigenvalue weighted by Gasteiger charge is -2.36. The highest BCUT2D eigenvalue weighted by Crippen LogP contribution is 2.28. The van der Waals surface area contributed by atoms with Crippen molar-refractivity contribution >= 4 is 23.4 Å². The van der Waals surface area contributed by atoms with Crippen molar-refractivity contribution in [3.8, 4) is 0 Å². The quantitative estimate of drug-likeness (QED) is 0.469. The summed E-state index contributed by atoms with van der Waals surface area (Å²) in [7, 11) is 3.85. The molecule has 0 aromatic heterocycles. The number of likely N-dealkylation sites (tertiary alicyclic amines) is 1. The molecule has 0 aliphatic carbocycles. The second kappa shape index (κ2) is 7.79. The summed E-state index contributed by atoms with van der Waals surface area (Å²) in [4.78, 5) is 28.2. The number of carbonyl (C=O) groups is 1. The van der Waals surface area contributed by atoms with Crippen molar-refractivity contribution in [2.75, 3.05) is 32.9 Å². The maximum Gasteiger partial charge on any atom is 0.270 e. The van der Waals surface area contributed by atoms with Crippen molar-refractivity contribution in [3.63, 3.8) is 0 Å². The van der Waals surface area contributed by atoms with Crippen LogP contribution in [0.4, 0.5) is 5.69 Å². The van der Waals surface area contributed by atoms with Crippen molar-refractivity contribution in [2.45, 2.75) is 30.7 Å². The molecule has 1 aliphatic rings. The van der Waals surface area contributed by atoms with E-state index in [-0.39, 0.29) is 17.6 Å². The Bertz CT molecular complexity index is 594. The Kier molecular flexibility index (Phi) is 6.01. The van der Waals surface area contributed by atoms with Gasteiger partial charge in [-0.15, -0.1) is 11.8 Å². The summed E-state index contributed by atoms with van der Waals surface area (Å²) in [5.41, 5.74) is 0.393. The van der Waals surface area contributed by atoms with Crippen LogP contribution in [0.3, 0.4) is 0 Å². The molecule has 0 bridgehead atoms. The third-order valence-electron chi connectivity index (χ3n) is 4.17. The van der Waals surface area contributed by atoms with Crippen molar-refractivity contribution in [1.29, 1.82) is 0 Å². The first-order valence-electron chi connectivity index (χ1n) is 7.81. The lowest BCUT2D eigenvalue weighted by atomic mass is 10.0. The van der Waals surface area contributed by atoms with Crippen LogP contribution in [-0.2, 0) is 0 Å². The molecule has 1 amide bonds. The maximum atomic E-state index is 12.9. The number of likely N-dealkylation sites (N-methyl/N-ethyl adjacent to an activating group) is 2. The molecule has 7 heteroatoms. The van der Waals surface area contributed by atoms with E-state index in [4.69, 9.17) is 0 Å². The Labute approximate surface area is 141 Å². The molecule has 1 fully saturated rings. The number of nitro benzene ring substituents is 1. The standard InChI is InChI=1S/C16H23N3O3S/c1-4-23-15-8-7-12(19(21)22)10-14(15)16(20)18(3)13-6-5-9-17(2)11-13/h7-8,10,13H,4-6,9,11H2,1-3H3. The van der Waals surface area contributed by atoms with E-state index in [0.29, 0.717) is 5.56 Å². The van der Waals surface area contributed by atoms with Gasteiger partial charge in [-0.3, -0.25) is 14.9 Å². The highest BCUT2D eigenvalue weighted by Gasteiger charge is 2.27. The number of benzene rings is 1. The number of hydrogen-bond donors (Lipinski definition) is 0. The number of carbonyl (C=O) groups excluding carboxylic acids is 1. The van der Waals surface area contributed by atoms with Gasteiger partial charge in [-0.25, -0.2) is 0 Å². The van der Waals surface area contributed by atoms with E-state index < -0.39 is 4.92 Å². The van der Waals surface area contributed by atoms with E-state index in [9.17, 15) is 14.9 Å². The van der Waals surface area contributed by atoms with Gasteiger partial charge >= 0.3 is 0 Å². The van der Waals surface area contributed by atoms with Gasteiger partial charge in [0.25, 0.3) is 11.6 Å². The molecule has 1 aromatic rings. The summed E-state index contributed by atoms with van der Waals surface area (Å²) >= 11 is 1.53. The molecule has 0 N–H and O–H groups in total. The van der Waals surface area contributed by atoms with E-state index in [1.807, 2.05) is 6.92 Å². The number of piperidine rings is 1. The Hall–Kier alpha value is -1.60. The fourth-order valence-electron chi connectivity index (χ4n) is 2.89. The first kappa shape index (κ1) is 17.7. The zero-order valence-electron chi connectivity index (χ0n) is 13.8. The number of rotatable bonds is 5. The summed E-state index contributed by atoms with van der Waals surface area (Å²) < 4.78 is 0. The fourth-order valence-corrected chi connectivity index (χ4v) is 3.67. The molecule has 1 saturated heterocycles. The van der Waals surface area contributed by atoms with Gasteiger partial charge in [0.1, 0.15) is 0 Å². The number of nitrogens with zero attached hydrogens (tertiary/aromatic N) is 3. The van der Waals surface area contributed by atoms with Gasteiger partial charge in [0.2, 0.25) is 0 Å². The van der Waals surface area contributed by atoms with E-state index in [1.165, 1.54) is 23.9 Å². The summed E-state index contributed by atoms with van der Waals surface area (Å²) in [5.74, 6) is 0.679. The maximum absolute atomic E-state index is 12.9. The van der Waals surface area contributed by atoms with Crippen molar-refractivity contribution in [3.05, 3.63) is 33.9 Å². The average molecular weight is 337 g/mol. The first-order chi connectivity index (χ1) is 10.9. The molecule has 1 heterocycles. The summed E-state index contributed by atoms with van der Waals surface area (Å²) in [6.45, 7) is 3.89. The molecule has 1 unspecified atom stereocenters. The predicted octanol–water partition coefficient (Wildman–Crippen LogP) is 2.87. The second-order valence-electron chi connectivity index (χ2n) is 5.84. The van der Waals surface area contributed by atoms with Gasteiger partial charge in [-0.05, 0) is 38.3 Å². The normalized spacial score (nSPS) is 18.7. The molecule has 6 nitrogen and oxygen atoms in total. The smallest absolute Gasteiger partial charge is 0.270 e. The molecule has 1 aromatic carbocycles. The fraction of sp³-hybridized carbons (Fsp3) is 0.562. The predicted molar refractivity (Wildman–Crippen MR) is 92.1 cm³/mol. The van der Waals surface area contributed by atoms with Gasteiger partial charge in [0, 0.05) is 36.7 Å². The highest BCUT2D eigenvalue weighted by atomic mass is 32.2. The first-order valence-corrected chi connectivity index (χ1v) is 8.79. The summed E-state index contributed by atoms with van der Waals surface area (Å²) in [6.07, 6.45) is 2.03. The van der Waals surface area contributed by atoms with E-state index in [1.54, 1.807) is 18.0 Å². The third kappa shape index (κ3) is 4.23. The third-order valence-corrected chi connectivity index (χ3v) is 5.13. The Balaban J connectivity index is 2.28. The van der Waals surface area contributed by atoms with Gasteiger partial charge in [0.15, 0.2) is 0 Å². The molecule has 23 heavy (non-hydrogen) atoms. The summed E-state index contributed by atoms with van der Waals surface area (Å²) in [6, 6.07) is 4.70. The van der Waals surface area contributed by atoms with Crippen LogP contribution in [0, 0.1) is 10.1 Å². The lowest BCUT2D eigenvalue weighted by molar-refractivity contribution is -0.384. The SMILES string of the molecule is CCSc1ccc([N+](=O)[O-])cc1C(=O)N(C)C1CCCN(C)C1. The molecule has 0 radical (unpaired) electrons. The number of non-ortho nitro benzene ring substituents is 1. The lowest BCUT2D eigenvalue weighted by Crippen LogP contribution is -2.47. The van der Waals surface area contributed by atoms with Gasteiger partial charge in [-0.1, -0.05) is 6.92 Å². The molecule has 2 rings (SSSR count). The van der Waals surface area contributed by atoms with Crippen LogP contribution in [0.5, 0.6) is 0 Å². The minimum atomic E-state index is -0.453. The van der Waals surface area contributed by atoms with Gasteiger partial charge < -0.3 is 9.80 Å². The zero-order valence-corrected chi connectivity index (χ0v) is 14.6. The van der Waals surface area contributed by atoms with Crippen molar-refractivity contribution in [1.82, 2.24) is 9.80 Å². The number of thioether (sulfide) groups is 1. The number of hydrogen-bond acceptors (Lipinski definition) is 5. The van der Waals surface area contributed by atoms with Crippen LogP contribution >= 0.6 is 11.8 Å². The van der Waals surface area contributed by atoms with Crippen LogP contribution in [0.1, 0.15) is 30.1 Å². The molecule has 126 valence electrons. The molecular formula is C16H23N3O3S. The molecule has 0 spiro atoms. The van der Waals surface area contributed by atoms with E-state index in [2.05, 4.69) is 11.9 Å². The molecule has 1 aliphatic heterocycles. The van der Waals surface area contributed by atoms with Gasteiger partial charge in [-0.2, -0.15) is 0 Å². The molecule has 1 atom stereocenters. The second-order valence-corrected chi connectivity index (χ2v) is 7.15. The molecule has 0 saturated carbocycles. The van der Waals surface area contributed by atoms with Crippen LogP contribution < -0.4 is 0 Å². The average Bonchev–Trinajstić information content (AvgIpc) is 2.54. The topological polar surface area (TPSA) is 66.7 Å². The Morgan fingerprint density at radius 2 is 2.26 bits per heavy atom. The van der Waals surface area contributed by atoms with Crippen LogP contribution in [-0.4, -0.2) is 59.6 Å². The van der Waals surface area contributed by atoms with Crippen molar-refractivity contribution < 1.29 is 9.72 Å². The number of nitro groups is 1. The molecular weight excluding hydrogens is 314 g/mol. The van der Waals surface area contributed by atoms with Crippen molar-refractivity contribution in [2.24, 2.45) is 0 Å². The van der Waals surface area contributed by atoms with Crippen LogP contribution in [0.2, 0.25) is 0 Å². The van der Waals surface area contributed by atoms with Gasteiger partial charge in [0.05, 0.1) is 10.5 Å². The minimum absolute atomic E-state index is 0.0389. The highest BCUT2D eigenvalue weighted by molar-refractivity contribution is 7.99. The zero-order chi connectivity index (χ0) is 17.0. The van der Waals surface area contributed by atoms with Crippen LogP contribution in [0.25, 0.3) is 0 Å². The monoisotopic (exact) mass is 337 g/mol. The van der Waals surface area contributed by atoms with E-state index >= 15 is 0 Å². The largest absolute Gasteiger partial charge is 0.337 e. The number of amides is 1. The van der Waals surface area contributed by atoms with Crippen LogP contribution in [0.15, 0.2) is 23.1 Å².